The first-order valence-corrected chi connectivity index (χ1v) is 5.60. The first-order valence-electron chi connectivity index (χ1n) is 5.60. The Labute approximate surface area is 111 Å². The molecule has 0 aliphatic carbocycles. The van der Waals surface area contributed by atoms with Crippen molar-refractivity contribution in [2.45, 2.75) is 12.8 Å². The van der Waals surface area contributed by atoms with E-state index < -0.39 is 17.3 Å². The average molecular weight is 287 g/mol. The van der Waals surface area contributed by atoms with Crippen molar-refractivity contribution >= 4 is 5.69 Å². The highest BCUT2D eigenvalue weighted by atomic mass is 19.4. The number of aromatic nitrogens is 2. The van der Waals surface area contributed by atoms with Crippen molar-refractivity contribution in [2.24, 2.45) is 0 Å². The zero-order chi connectivity index (χ0) is 14.9. The summed E-state index contributed by atoms with van der Waals surface area (Å²) in [7, 11) is 1.44. The van der Waals surface area contributed by atoms with Gasteiger partial charge in [-0.25, -0.2) is 4.68 Å². The number of benzene rings is 1. The summed E-state index contributed by atoms with van der Waals surface area (Å²) in [5, 5.41) is 2.70. The van der Waals surface area contributed by atoms with Gasteiger partial charge in [0.15, 0.2) is 0 Å². The van der Waals surface area contributed by atoms with E-state index in [2.05, 4.69) is 5.10 Å². The lowest BCUT2D eigenvalue weighted by atomic mass is 10.2. The molecule has 8 heteroatoms. The number of ether oxygens (including phenoxy) is 1. The van der Waals surface area contributed by atoms with Gasteiger partial charge < -0.3 is 10.5 Å². The fourth-order valence-corrected chi connectivity index (χ4v) is 1.73. The summed E-state index contributed by atoms with van der Waals surface area (Å²) >= 11 is 0. The molecule has 2 rings (SSSR count). The fourth-order valence-electron chi connectivity index (χ4n) is 1.73. The third-order valence-electron chi connectivity index (χ3n) is 2.75. The van der Waals surface area contributed by atoms with Crippen LogP contribution >= 0.6 is 0 Å². The molecule has 0 saturated heterocycles. The van der Waals surface area contributed by atoms with E-state index in [4.69, 9.17) is 10.5 Å². The maximum atomic E-state index is 12.5. The predicted octanol–water partition coefficient (Wildman–Crippen LogP) is 1.91. The second-order valence-corrected chi connectivity index (χ2v) is 4.12. The number of methoxy groups -OCH3 is 1. The lowest BCUT2D eigenvalue weighted by Gasteiger charge is -2.07. The first-order chi connectivity index (χ1) is 9.34. The van der Waals surface area contributed by atoms with Crippen LogP contribution in [0.4, 0.5) is 18.9 Å². The van der Waals surface area contributed by atoms with Gasteiger partial charge in [0.25, 0.3) is 5.56 Å². The summed E-state index contributed by atoms with van der Waals surface area (Å²) in [6.45, 7) is 0.106. The number of nitrogens with one attached hydrogen (secondary N) is 1. The minimum Gasteiger partial charge on any atom is -0.393 e. The number of hydrogen-bond acceptors (Lipinski definition) is 3. The number of alkyl halides is 3. The zero-order valence-corrected chi connectivity index (χ0v) is 10.5. The normalized spacial score (nSPS) is 11.8. The molecule has 1 aromatic heterocycles. The highest BCUT2D eigenvalue weighted by Gasteiger charge is 2.30. The molecule has 1 heterocycles. The van der Waals surface area contributed by atoms with Gasteiger partial charge in [-0.05, 0) is 24.3 Å². The van der Waals surface area contributed by atoms with Crippen LogP contribution < -0.4 is 11.3 Å². The second-order valence-electron chi connectivity index (χ2n) is 4.12. The monoisotopic (exact) mass is 287 g/mol. The van der Waals surface area contributed by atoms with Crippen LogP contribution in [0.1, 0.15) is 11.3 Å². The van der Waals surface area contributed by atoms with Gasteiger partial charge in [0.1, 0.15) is 5.69 Å². The Morgan fingerprint density at radius 1 is 1.30 bits per heavy atom. The quantitative estimate of drug-likeness (QED) is 0.905. The SMILES string of the molecule is COCc1[nH]n(-c2ccc(C(F)(F)F)cc2)c(=O)c1N. The average Bonchev–Trinajstić information content (AvgIpc) is 2.67. The van der Waals surface area contributed by atoms with Crippen LogP contribution in [0.2, 0.25) is 0 Å². The molecule has 3 N–H and O–H groups in total. The van der Waals surface area contributed by atoms with Gasteiger partial charge in [-0.2, -0.15) is 13.2 Å². The maximum Gasteiger partial charge on any atom is 0.416 e. The number of rotatable bonds is 3. The summed E-state index contributed by atoms with van der Waals surface area (Å²) in [4.78, 5) is 11.9. The molecule has 2 aromatic rings. The number of nitrogens with zero attached hydrogens (tertiary/aromatic N) is 1. The topological polar surface area (TPSA) is 73.0 Å². The van der Waals surface area contributed by atoms with E-state index in [9.17, 15) is 18.0 Å². The molecule has 0 atom stereocenters. The van der Waals surface area contributed by atoms with Crippen molar-refractivity contribution in [1.29, 1.82) is 0 Å². The number of H-pyrrole nitrogens is 1. The minimum absolute atomic E-state index is 0.0215. The van der Waals surface area contributed by atoms with Gasteiger partial charge in [0.2, 0.25) is 0 Å². The molecule has 20 heavy (non-hydrogen) atoms. The summed E-state index contributed by atoms with van der Waals surface area (Å²) in [6.07, 6.45) is -4.42. The molecular weight excluding hydrogens is 275 g/mol. The van der Waals surface area contributed by atoms with Crippen LogP contribution in [0.15, 0.2) is 29.1 Å². The molecule has 0 spiro atoms. The standard InChI is InChI=1S/C12H12F3N3O2/c1-20-6-9-10(16)11(19)18(17-9)8-4-2-7(3-5-8)12(13,14)15/h2-5,17H,6,16H2,1H3. The van der Waals surface area contributed by atoms with Gasteiger partial charge in [-0.3, -0.25) is 9.89 Å². The summed E-state index contributed by atoms with van der Waals surface area (Å²) in [5.74, 6) is 0. The first kappa shape index (κ1) is 14.2. The van der Waals surface area contributed by atoms with E-state index in [1.807, 2.05) is 0 Å². The highest BCUT2D eigenvalue weighted by Crippen LogP contribution is 2.29. The Morgan fingerprint density at radius 2 is 1.90 bits per heavy atom. The Morgan fingerprint density at radius 3 is 2.40 bits per heavy atom. The molecule has 0 unspecified atom stereocenters. The van der Waals surface area contributed by atoms with Gasteiger partial charge in [0, 0.05) is 7.11 Å². The highest BCUT2D eigenvalue weighted by molar-refractivity contribution is 5.44. The van der Waals surface area contributed by atoms with Crippen molar-refractivity contribution in [3.05, 3.63) is 45.9 Å². The molecule has 0 aliphatic rings. The summed E-state index contributed by atoms with van der Waals surface area (Å²) in [5.41, 5.74) is 4.90. The maximum absolute atomic E-state index is 12.5. The van der Waals surface area contributed by atoms with E-state index in [1.54, 1.807) is 0 Å². The third-order valence-corrected chi connectivity index (χ3v) is 2.75. The smallest absolute Gasteiger partial charge is 0.393 e. The van der Waals surface area contributed by atoms with E-state index in [0.717, 1.165) is 16.8 Å². The molecule has 0 aliphatic heterocycles. The molecule has 108 valence electrons. The largest absolute Gasteiger partial charge is 0.416 e. The summed E-state index contributed by atoms with van der Waals surface area (Å²) in [6, 6.07) is 4.18. The van der Waals surface area contributed by atoms with Gasteiger partial charge in [-0.1, -0.05) is 0 Å². The van der Waals surface area contributed by atoms with Crippen LogP contribution in [0.5, 0.6) is 0 Å². The number of anilines is 1. The number of nitrogens with two attached hydrogens (primary N) is 1. The molecular formula is C12H12F3N3O2. The van der Waals surface area contributed by atoms with E-state index >= 15 is 0 Å². The van der Waals surface area contributed by atoms with E-state index in [0.29, 0.717) is 5.69 Å². The lowest BCUT2D eigenvalue weighted by Crippen LogP contribution is -2.17. The lowest BCUT2D eigenvalue weighted by molar-refractivity contribution is -0.137. The van der Waals surface area contributed by atoms with Crippen molar-refractivity contribution in [3.8, 4) is 5.69 Å². The van der Waals surface area contributed by atoms with Crippen molar-refractivity contribution in [2.75, 3.05) is 12.8 Å². The van der Waals surface area contributed by atoms with Gasteiger partial charge in [0.05, 0.1) is 23.6 Å². The van der Waals surface area contributed by atoms with Crippen LogP contribution in [-0.4, -0.2) is 16.9 Å². The number of aromatic amines is 1. The zero-order valence-electron chi connectivity index (χ0n) is 10.5. The Kier molecular flexibility index (Phi) is 3.58. The van der Waals surface area contributed by atoms with Crippen LogP contribution in [0.25, 0.3) is 5.69 Å². The molecule has 0 saturated carbocycles. The number of hydrogen-bond donors (Lipinski definition) is 2. The third kappa shape index (κ3) is 2.55. The van der Waals surface area contributed by atoms with E-state index in [1.165, 1.54) is 19.2 Å². The molecule has 0 fully saturated rings. The minimum atomic E-state index is -4.42. The van der Waals surface area contributed by atoms with Crippen molar-refractivity contribution in [3.63, 3.8) is 0 Å². The number of nitrogen functional groups attached to an aromatic ring is 1. The van der Waals surface area contributed by atoms with Crippen molar-refractivity contribution in [1.82, 2.24) is 9.78 Å². The molecule has 0 radical (unpaired) electrons. The summed E-state index contributed by atoms with van der Waals surface area (Å²) < 4.78 is 43.3. The van der Waals surface area contributed by atoms with Gasteiger partial charge >= 0.3 is 6.18 Å². The molecule has 0 bridgehead atoms. The molecule has 5 nitrogen and oxygen atoms in total. The Balaban J connectivity index is 2.42. The van der Waals surface area contributed by atoms with Crippen LogP contribution in [0.3, 0.4) is 0 Å². The van der Waals surface area contributed by atoms with E-state index in [-0.39, 0.29) is 18.0 Å². The Bertz CT molecular complexity index is 656. The van der Waals surface area contributed by atoms with Gasteiger partial charge in [-0.15, -0.1) is 0 Å². The number of halogens is 3. The molecule has 1 aromatic carbocycles. The molecule has 0 amide bonds. The Hall–Kier alpha value is -2.22. The fraction of sp³-hybridized carbons (Fsp3) is 0.250. The van der Waals surface area contributed by atoms with Crippen LogP contribution in [0, 0.1) is 0 Å². The van der Waals surface area contributed by atoms with Crippen molar-refractivity contribution < 1.29 is 17.9 Å². The second kappa shape index (κ2) is 5.04. The predicted molar refractivity (Wildman–Crippen MR) is 66.5 cm³/mol. The van der Waals surface area contributed by atoms with Crippen LogP contribution in [-0.2, 0) is 17.5 Å².